The molecule has 0 spiro atoms. The number of carbonyl (C=O) groups excluding carboxylic acids is 3. The fourth-order valence-corrected chi connectivity index (χ4v) is 4.85. The van der Waals surface area contributed by atoms with Crippen LogP contribution in [0.5, 0.6) is 0 Å². The molecule has 5 aromatic rings. The highest BCUT2D eigenvalue weighted by Gasteiger charge is 2.17. The Morgan fingerprint density at radius 3 is 2.17 bits per heavy atom. The number of amides is 1. The minimum absolute atomic E-state index is 0.170. The minimum Gasteiger partial charge on any atom is -0.346 e. The third kappa shape index (κ3) is 6.09. The number of hydrogen-bond acceptors (Lipinski definition) is 3. The quantitative estimate of drug-likeness (QED) is 0.248. The number of carbonyl (C=O) groups is 1. The van der Waals surface area contributed by atoms with E-state index in [2.05, 4.69) is 72.3 Å². The lowest BCUT2D eigenvalue weighted by molar-refractivity contribution is -0.191. The smallest absolute Gasteiger partial charge is 0.346 e. The second kappa shape index (κ2) is 12.4. The summed E-state index contributed by atoms with van der Waals surface area (Å²) in [4.78, 5) is 29.3. The Hall–Kier alpha value is -4.80. The highest BCUT2D eigenvalue weighted by molar-refractivity contribution is 5.99. The molecule has 5 nitrogen and oxygen atoms in total. The van der Waals surface area contributed by atoms with Gasteiger partial charge < -0.3 is 9.88 Å². The van der Waals surface area contributed by atoms with Crippen LogP contribution in [0.4, 0.5) is 4.39 Å². The van der Waals surface area contributed by atoms with Crippen LogP contribution in [0.2, 0.25) is 0 Å². The van der Waals surface area contributed by atoms with Gasteiger partial charge in [-0.1, -0.05) is 66.7 Å². The van der Waals surface area contributed by atoms with Crippen molar-refractivity contribution in [1.29, 1.82) is 0 Å². The van der Waals surface area contributed by atoms with Gasteiger partial charge in [0.05, 0.1) is 6.04 Å². The molecule has 0 bridgehead atoms. The topological polar surface area (TPSA) is 68.2 Å². The van der Waals surface area contributed by atoms with Gasteiger partial charge in [0, 0.05) is 28.7 Å². The molecule has 0 unspecified atom stereocenters. The number of fused-ring (bicyclic) bond motifs is 1. The zero-order chi connectivity index (χ0) is 28.8. The standard InChI is InChI=1S/C33H31FN2O.CO2/c1-21-10-13-28(19-31(21)34)23(3)35-33(37)29-16-17-32-30(18-29)22(2)24(4)36(32)20-25-11-14-27(15-12-25)26-8-6-5-7-9-26;2-1-3/h5-19,23H,20H2,1-4H3,(H,35,37);/t23-;/m1./s1. The van der Waals surface area contributed by atoms with Crippen molar-refractivity contribution < 1.29 is 18.8 Å². The normalized spacial score (nSPS) is 11.3. The zero-order valence-electron chi connectivity index (χ0n) is 23.0. The Balaban J connectivity index is 0.00000118. The van der Waals surface area contributed by atoms with Gasteiger partial charge in [0.25, 0.3) is 5.91 Å². The number of hydrogen-bond donors (Lipinski definition) is 1. The van der Waals surface area contributed by atoms with Crippen LogP contribution in [0.1, 0.15) is 51.3 Å². The van der Waals surface area contributed by atoms with Crippen molar-refractivity contribution in [3.8, 4) is 11.1 Å². The predicted molar refractivity (Wildman–Crippen MR) is 154 cm³/mol. The maximum Gasteiger partial charge on any atom is 0.373 e. The molecular formula is C34H31FN2O3. The van der Waals surface area contributed by atoms with E-state index in [-0.39, 0.29) is 23.9 Å². The molecule has 0 aliphatic carbocycles. The first-order valence-corrected chi connectivity index (χ1v) is 13.0. The summed E-state index contributed by atoms with van der Waals surface area (Å²) in [5.41, 5.74) is 9.02. The van der Waals surface area contributed by atoms with Crippen LogP contribution in [0.25, 0.3) is 22.0 Å². The van der Waals surface area contributed by atoms with Crippen molar-refractivity contribution in [2.75, 3.05) is 0 Å². The average Bonchev–Trinajstić information content (AvgIpc) is 3.20. The molecule has 1 heterocycles. The van der Waals surface area contributed by atoms with E-state index in [1.165, 1.54) is 34.0 Å². The summed E-state index contributed by atoms with van der Waals surface area (Å²) >= 11 is 0. The lowest BCUT2D eigenvalue weighted by Crippen LogP contribution is -2.26. The first kappa shape index (κ1) is 28.2. The maximum absolute atomic E-state index is 14.0. The fraction of sp³-hybridized carbons (Fsp3) is 0.176. The Bertz CT molecular complexity index is 1680. The zero-order valence-corrected chi connectivity index (χ0v) is 23.0. The number of halogens is 1. The maximum atomic E-state index is 14.0. The molecule has 1 N–H and O–H groups in total. The van der Waals surface area contributed by atoms with Crippen molar-refractivity contribution in [2.45, 2.75) is 40.3 Å². The molecular weight excluding hydrogens is 503 g/mol. The van der Waals surface area contributed by atoms with Crippen molar-refractivity contribution in [2.24, 2.45) is 0 Å². The fourth-order valence-electron chi connectivity index (χ4n) is 4.85. The van der Waals surface area contributed by atoms with E-state index >= 15 is 0 Å². The number of aryl methyl sites for hydroxylation is 2. The van der Waals surface area contributed by atoms with E-state index in [0.29, 0.717) is 11.1 Å². The van der Waals surface area contributed by atoms with Gasteiger partial charge in [-0.15, -0.1) is 0 Å². The summed E-state index contributed by atoms with van der Waals surface area (Å²) in [6.07, 6.45) is 0.250. The Labute approximate surface area is 233 Å². The molecule has 40 heavy (non-hydrogen) atoms. The monoisotopic (exact) mass is 534 g/mol. The van der Waals surface area contributed by atoms with E-state index in [1.807, 2.05) is 37.3 Å². The van der Waals surface area contributed by atoms with Crippen LogP contribution in [0, 0.1) is 26.6 Å². The number of nitrogens with zero attached hydrogens (tertiary/aromatic N) is 1. The number of benzene rings is 4. The van der Waals surface area contributed by atoms with Crippen LogP contribution < -0.4 is 5.32 Å². The molecule has 202 valence electrons. The summed E-state index contributed by atoms with van der Waals surface area (Å²) in [5, 5.41) is 4.08. The molecule has 0 aliphatic rings. The molecule has 0 saturated heterocycles. The second-order valence-electron chi connectivity index (χ2n) is 9.88. The van der Waals surface area contributed by atoms with Gasteiger partial charge in [-0.05, 0) is 85.3 Å². The van der Waals surface area contributed by atoms with E-state index in [4.69, 9.17) is 9.59 Å². The van der Waals surface area contributed by atoms with E-state index in [1.54, 1.807) is 13.0 Å². The van der Waals surface area contributed by atoms with E-state index < -0.39 is 0 Å². The highest BCUT2D eigenvalue weighted by Crippen LogP contribution is 2.28. The van der Waals surface area contributed by atoms with E-state index in [9.17, 15) is 9.18 Å². The number of aromatic nitrogens is 1. The summed E-state index contributed by atoms with van der Waals surface area (Å²) < 4.78 is 16.3. The van der Waals surface area contributed by atoms with Crippen LogP contribution in [0.15, 0.2) is 91.0 Å². The summed E-state index contributed by atoms with van der Waals surface area (Å²) in [6.45, 7) is 8.59. The molecule has 1 amide bonds. The van der Waals surface area contributed by atoms with Gasteiger partial charge in [-0.2, -0.15) is 9.59 Å². The van der Waals surface area contributed by atoms with Crippen LogP contribution in [-0.4, -0.2) is 16.6 Å². The molecule has 0 saturated carbocycles. The molecule has 0 fully saturated rings. The first-order chi connectivity index (χ1) is 19.2. The summed E-state index contributed by atoms with van der Waals surface area (Å²) in [7, 11) is 0. The molecule has 6 heteroatoms. The van der Waals surface area contributed by atoms with Crippen molar-refractivity contribution in [1.82, 2.24) is 9.88 Å². The van der Waals surface area contributed by atoms with Crippen molar-refractivity contribution in [3.05, 3.63) is 130 Å². The third-order valence-corrected chi connectivity index (χ3v) is 7.35. The van der Waals surface area contributed by atoms with Gasteiger partial charge in [-0.25, -0.2) is 4.39 Å². The molecule has 5 rings (SSSR count). The van der Waals surface area contributed by atoms with Gasteiger partial charge in [-0.3, -0.25) is 4.79 Å². The summed E-state index contributed by atoms with van der Waals surface area (Å²) in [6, 6.07) is 29.7. The lowest BCUT2D eigenvalue weighted by Gasteiger charge is -2.15. The van der Waals surface area contributed by atoms with Crippen LogP contribution >= 0.6 is 0 Å². The molecule has 1 atom stereocenters. The highest BCUT2D eigenvalue weighted by atomic mass is 19.1. The Kier molecular flexibility index (Phi) is 8.73. The van der Waals surface area contributed by atoms with Crippen molar-refractivity contribution in [3.63, 3.8) is 0 Å². The largest absolute Gasteiger partial charge is 0.373 e. The SMILES string of the molecule is Cc1ccc([C@@H](C)NC(=O)c2ccc3c(c2)c(C)c(C)n3Cc2ccc(-c3ccccc3)cc2)cc1F.O=C=O. The Morgan fingerprint density at radius 1 is 0.875 bits per heavy atom. The van der Waals surface area contributed by atoms with Gasteiger partial charge in [0.1, 0.15) is 5.82 Å². The van der Waals surface area contributed by atoms with Gasteiger partial charge in [0.15, 0.2) is 0 Å². The van der Waals surface area contributed by atoms with Crippen molar-refractivity contribution >= 4 is 23.0 Å². The van der Waals surface area contributed by atoms with Crippen LogP contribution in [-0.2, 0) is 16.1 Å². The van der Waals surface area contributed by atoms with Crippen LogP contribution in [0.3, 0.4) is 0 Å². The third-order valence-electron chi connectivity index (χ3n) is 7.35. The van der Waals surface area contributed by atoms with Gasteiger partial charge >= 0.3 is 6.15 Å². The molecule has 1 aromatic heterocycles. The summed E-state index contributed by atoms with van der Waals surface area (Å²) in [5.74, 6) is -0.432. The molecule has 4 aromatic carbocycles. The number of nitrogens with one attached hydrogen (secondary N) is 1. The average molecular weight is 535 g/mol. The first-order valence-electron chi connectivity index (χ1n) is 13.0. The Morgan fingerprint density at radius 2 is 1.52 bits per heavy atom. The predicted octanol–water partition coefficient (Wildman–Crippen LogP) is 7.33. The number of rotatable bonds is 6. The van der Waals surface area contributed by atoms with E-state index in [0.717, 1.165) is 23.0 Å². The molecule has 0 aliphatic heterocycles. The second-order valence-corrected chi connectivity index (χ2v) is 9.88. The lowest BCUT2D eigenvalue weighted by atomic mass is 10.0. The van der Waals surface area contributed by atoms with Gasteiger partial charge in [0.2, 0.25) is 0 Å². The molecule has 0 radical (unpaired) electrons. The minimum atomic E-state index is -0.301.